The molecule has 0 radical (unpaired) electrons. The summed E-state index contributed by atoms with van der Waals surface area (Å²) in [5.41, 5.74) is 1.76. The van der Waals surface area contributed by atoms with Gasteiger partial charge in [-0.2, -0.15) is 5.26 Å². The largest absolute Gasteiger partial charge is 0.366 e. The second-order valence-corrected chi connectivity index (χ2v) is 8.76. The molecular weight excluding hydrogens is 372 g/mol. The zero-order valence-corrected chi connectivity index (χ0v) is 17.6. The average Bonchev–Trinajstić information content (AvgIpc) is 3.11. The van der Waals surface area contributed by atoms with Gasteiger partial charge < -0.3 is 19.3 Å². The Balaban J connectivity index is 1.60. The van der Waals surface area contributed by atoms with Crippen molar-refractivity contribution >= 4 is 17.0 Å². The van der Waals surface area contributed by atoms with E-state index in [1.165, 1.54) is 4.88 Å². The lowest BCUT2D eigenvalue weighted by Crippen LogP contribution is -2.39. The van der Waals surface area contributed by atoms with Crippen molar-refractivity contribution in [2.75, 3.05) is 45.3 Å². The quantitative estimate of drug-likeness (QED) is 0.678. The van der Waals surface area contributed by atoms with Crippen molar-refractivity contribution in [1.29, 1.82) is 5.26 Å². The van der Waals surface area contributed by atoms with E-state index < -0.39 is 0 Å². The highest BCUT2D eigenvalue weighted by Gasteiger charge is 2.23. The summed E-state index contributed by atoms with van der Waals surface area (Å²) in [7, 11) is 4.14. The average molecular weight is 401 g/mol. The Morgan fingerprint density at radius 3 is 2.50 bits per heavy atom. The van der Waals surface area contributed by atoms with Crippen LogP contribution in [0.3, 0.4) is 0 Å². The van der Waals surface area contributed by atoms with E-state index in [-0.39, 0.29) is 6.29 Å². The van der Waals surface area contributed by atoms with Crippen molar-refractivity contribution in [3.8, 4) is 6.07 Å². The highest BCUT2D eigenvalue weighted by atomic mass is 32.1. The first-order chi connectivity index (χ1) is 13.5. The summed E-state index contributed by atoms with van der Waals surface area (Å²) in [4.78, 5) is 10.1. The molecule has 7 heteroatoms. The molecule has 150 valence electrons. The lowest BCUT2D eigenvalue weighted by atomic mass is 10.1. The SMILES string of the molecule is Cc1ncc(CN(CCC2OCC(CN(C)C)CO2)c2ccc(C#N)cc2)s1. The van der Waals surface area contributed by atoms with Crippen molar-refractivity contribution in [2.45, 2.75) is 26.2 Å². The lowest BCUT2D eigenvalue weighted by molar-refractivity contribution is -0.203. The predicted octanol–water partition coefficient (Wildman–Crippen LogP) is 3.27. The molecule has 0 atom stereocenters. The van der Waals surface area contributed by atoms with E-state index in [2.05, 4.69) is 34.9 Å². The van der Waals surface area contributed by atoms with Crippen molar-refractivity contribution in [1.82, 2.24) is 9.88 Å². The molecular formula is C21H28N4O2S. The number of aromatic nitrogens is 1. The van der Waals surface area contributed by atoms with E-state index in [1.54, 1.807) is 11.3 Å². The maximum Gasteiger partial charge on any atom is 0.159 e. The van der Waals surface area contributed by atoms with Gasteiger partial charge in [-0.1, -0.05) is 0 Å². The predicted molar refractivity (Wildman–Crippen MR) is 111 cm³/mol. The molecule has 28 heavy (non-hydrogen) atoms. The highest BCUT2D eigenvalue weighted by Crippen LogP contribution is 2.23. The van der Waals surface area contributed by atoms with Gasteiger partial charge in [0.05, 0.1) is 36.4 Å². The minimum absolute atomic E-state index is 0.164. The zero-order chi connectivity index (χ0) is 19.9. The number of aryl methyl sites for hydroxylation is 1. The fourth-order valence-corrected chi connectivity index (χ4v) is 4.16. The van der Waals surface area contributed by atoms with Crippen LogP contribution in [0.5, 0.6) is 0 Å². The Hall–Kier alpha value is -1.98. The van der Waals surface area contributed by atoms with E-state index >= 15 is 0 Å². The van der Waals surface area contributed by atoms with Crippen LogP contribution < -0.4 is 4.90 Å². The fraction of sp³-hybridized carbons (Fsp3) is 0.524. The van der Waals surface area contributed by atoms with Crippen LogP contribution in [0.15, 0.2) is 30.5 Å². The Kier molecular flexibility index (Phi) is 7.40. The van der Waals surface area contributed by atoms with Crippen LogP contribution in [0.1, 0.15) is 21.9 Å². The summed E-state index contributed by atoms with van der Waals surface area (Å²) in [5, 5.41) is 10.1. The van der Waals surface area contributed by atoms with Crippen molar-refractivity contribution < 1.29 is 9.47 Å². The summed E-state index contributed by atoms with van der Waals surface area (Å²) in [6.07, 6.45) is 2.57. The number of hydrogen-bond acceptors (Lipinski definition) is 7. The summed E-state index contributed by atoms with van der Waals surface area (Å²) in [6.45, 7) is 6.09. The molecule has 0 saturated carbocycles. The fourth-order valence-electron chi connectivity index (χ4n) is 3.35. The first-order valence-electron chi connectivity index (χ1n) is 9.58. The molecule has 0 N–H and O–H groups in total. The number of ether oxygens (including phenoxy) is 2. The molecule has 0 unspecified atom stereocenters. The van der Waals surface area contributed by atoms with E-state index in [4.69, 9.17) is 14.7 Å². The maximum atomic E-state index is 9.05. The monoisotopic (exact) mass is 400 g/mol. The van der Waals surface area contributed by atoms with E-state index in [1.807, 2.05) is 37.4 Å². The van der Waals surface area contributed by atoms with Gasteiger partial charge in [0, 0.05) is 42.2 Å². The van der Waals surface area contributed by atoms with Gasteiger partial charge in [0.25, 0.3) is 0 Å². The first kappa shape index (κ1) is 20.7. The number of thiazole rings is 1. The molecule has 2 aromatic rings. The Morgan fingerprint density at radius 1 is 1.21 bits per heavy atom. The van der Waals surface area contributed by atoms with Gasteiger partial charge in [0.2, 0.25) is 0 Å². The van der Waals surface area contributed by atoms with Crippen molar-refractivity contribution in [2.24, 2.45) is 5.92 Å². The number of rotatable bonds is 8. The third kappa shape index (κ3) is 6.01. The van der Waals surface area contributed by atoms with Gasteiger partial charge in [-0.05, 0) is 45.3 Å². The van der Waals surface area contributed by atoms with Crippen LogP contribution in [-0.2, 0) is 16.0 Å². The van der Waals surface area contributed by atoms with Crippen molar-refractivity contribution in [3.05, 3.63) is 45.9 Å². The Bertz CT molecular complexity index is 776. The summed E-state index contributed by atoms with van der Waals surface area (Å²) in [5.74, 6) is 0.432. The Labute approximate surface area is 171 Å². The van der Waals surface area contributed by atoms with Crippen LogP contribution >= 0.6 is 11.3 Å². The normalized spacial score (nSPS) is 19.5. The Morgan fingerprint density at radius 2 is 1.93 bits per heavy atom. The summed E-state index contributed by atoms with van der Waals surface area (Å²) >= 11 is 1.71. The molecule has 1 fully saturated rings. The minimum Gasteiger partial charge on any atom is -0.366 e. The van der Waals surface area contributed by atoms with Crippen molar-refractivity contribution in [3.63, 3.8) is 0 Å². The number of anilines is 1. The van der Waals surface area contributed by atoms with Crippen LogP contribution in [0, 0.1) is 24.2 Å². The van der Waals surface area contributed by atoms with Crippen LogP contribution in [0.25, 0.3) is 0 Å². The van der Waals surface area contributed by atoms with Gasteiger partial charge in [-0.3, -0.25) is 0 Å². The van der Waals surface area contributed by atoms with E-state index in [9.17, 15) is 0 Å². The number of nitrogens with zero attached hydrogens (tertiary/aromatic N) is 4. The number of benzene rings is 1. The second kappa shape index (κ2) is 9.99. The van der Waals surface area contributed by atoms with E-state index in [0.717, 1.165) is 50.0 Å². The molecule has 0 spiro atoms. The van der Waals surface area contributed by atoms with Gasteiger partial charge in [-0.25, -0.2) is 4.98 Å². The zero-order valence-electron chi connectivity index (χ0n) is 16.8. The van der Waals surface area contributed by atoms with E-state index in [0.29, 0.717) is 11.5 Å². The first-order valence-corrected chi connectivity index (χ1v) is 10.4. The molecule has 3 rings (SSSR count). The minimum atomic E-state index is -0.164. The highest BCUT2D eigenvalue weighted by molar-refractivity contribution is 7.11. The molecule has 1 saturated heterocycles. The van der Waals surface area contributed by atoms with Gasteiger partial charge >= 0.3 is 0 Å². The third-order valence-electron chi connectivity index (χ3n) is 4.67. The number of nitriles is 1. The van der Waals surface area contributed by atoms with Gasteiger partial charge in [0.15, 0.2) is 6.29 Å². The molecule has 0 bridgehead atoms. The molecule has 0 aliphatic carbocycles. The summed E-state index contributed by atoms with van der Waals surface area (Å²) in [6, 6.07) is 9.90. The molecule has 1 aliphatic heterocycles. The number of hydrogen-bond donors (Lipinski definition) is 0. The smallest absolute Gasteiger partial charge is 0.159 e. The molecule has 1 aromatic carbocycles. The van der Waals surface area contributed by atoms with Crippen LogP contribution in [0.2, 0.25) is 0 Å². The maximum absolute atomic E-state index is 9.05. The molecule has 6 nitrogen and oxygen atoms in total. The lowest BCUT2D eigenvalue weighted by Gasteiger charge is -2.32. The molecule has 1 aliphatic rings. The van der Waals surface area contributed by atoms with Gasteiger partial charge in [0.1, 0.15) is 0 Å². The standard InChI is InChI=1S/C21H28N4O2S/c1-16-23-11-20(28-16)13-25(19-6-4-17(10-22)5-7-19)9-8-21-26-14-18(15-27-21)12-24(2)3/h4-7,11,18,21H,8-9,12-15H2,1-3H3. The molecule has 0 amide bonds. The van der Waals surface area contributed by atoms with Crippen LogP contribution in [0.4, 0.5) is 5.69 Å². The topological polar surface area (TPSA) is 61.6 Å². The third-order valence-corrected chi connectivity index (χ3v) is 5.57. The second-order valence-electron chi connectivity index (χ2n) is 7.44. The summed E-state index contributed by atoms with van der Waals surface area (Å²) < 4.78 is 11.9. The molecule has 1 aromatic heterocycles. The molecule has 2 heterocycles. The van der Waals surface area contributed by atoms with Gasteiger partial charge in [-0.15, -0.1) is 11.3 Å². The van der Waals surface area contributed by atoms with Crippen LogP contribution in [-0.4, -0.2) is 56.6 Å².